The Hall–Kier alpha value is -1.39. The lowest BCUT2D eigenvalue weighted by atomic mass is 10.3. The van der Waals surface area contributed by atoms with Crippen LogP contribution in [0, 0.1) is 13.8 Å². The maximum absolute atomic E-state index is 4.65. The molecule has 3 aromatic rings. The lowest BCUT2D eigenvalue weighted by Crippen LogP contribution is -1.88. The highest BCUT2D eigenvalue weighted by Crippen LogP contribution is 2.37. The maximum Gasteiger partial charge on any atom is 0.189 e. The molecule has 2 nitrogen and oxygen atoms in total. The summed E-state index contributed by atoms with van der Waals surface area (Å²) in [6.07, 6.45) is 0. The van der Waals surface area contributed by atoms with Gasteiger partial charge in [0.05, 0.1) is 5.52 Å². The fourth-order valence-electron chi connectivity index (χ4n) is 1.69. The fraction of sp³-hybridized carbons (Fsp3) is 0.154. The minimum absolute atomic E-state index is 0.973. The molecule has 1 N–H and O–H groups in total. The molecule has 0 aliphatic heterocycles. The Kier molecular flexibility index (Phi) is 2.61. The summed E-state index contributed by atoms with van der Waals surface area (Å²) in [5, 5.41) is 4.31. The first-order valence-electron chi connectivity index (χ1n) is 5.42. The number of thiophene rings is 1. The Balaban J connectivity index is 1.97. The molecule has 1 aromatic carbocycles. The van der Waals surface area contributed by atoms with Crippen LogP contribution in [0.1, 0.15) is 10.4 Å². The van der Waals surface area contributed by atoms with Crippen molar-refractivity contribution in [2.24, 2.45) is 0 Å². The van der Waals surface area contributed by atoms with E-state index in [0.717, 1.165) is 16.3 Å². The van der Waals surface area contributed by atoms with E-state index in [1.54, 1.807) is 11.3 Å². The first-order chi connectivity index (χ1) is 8.24. The van der Waals surface area contributed by atoms with Gasteiger partial charge in [-0.3, -0.25) is 0 Å². The summed E-state index contributed by atoms with van der Waals surface area (Å²) in [4.78, 5) is 6.01. The van der Waals surface area contributed by atoms with Crippen molar-refractivity contribution in [2.45, 2.75) is 13.8 Å². The number of nitrogens with one attached hydrogen (secondary N) is 1. The molecule has 0 unspecified atom stereocenters. The lowest BCUT2D eigenvalue weighted by molar-refractivity contribution is 1.39. The van der Waals surface area contributed by atoms with Gasteiger partial charge < -0.3 is 5.32 Å². The zero-order valence-electron chi connectivity index (χ0n) is 9.65. The first-order valence-corrected chi connectivity index (χ1v) is 7.06. The number of thiazole rings is 1. The predicted octanol–water partition coefficient (Wildman–Crippen LogP) is 4.72. The van der Waals surface area contributed by atoms with Crippen molar-refractivity contribution in [3.05, 3.63) is 40.8 Å². The maximum atomic E-state index is 4.65. The van der Waals surface area contributed by atoms with Crippen LogP contribution in [0.2, 0.25) is 0 Å². The second-order valence-corrected chi connectivity index (χ2v) is 6.41. The van der Waals surface area contributed by atoms with E-state index in [1.807, 2.05) is 41.7 Å². The number of hydrogen-bond donors (Lipinski definition) is 1. The van der Waals surface area contributed by atoms with E-state index >= 15 is 0 Å². The topological polar surface area (TPSA) is 24.9 Å². The molecule has 0 aliphatic rings. The number of benzene rings is 1. The van der Waals surface area contributed by atoms with E-state index in [0.29, 0.717) is 0 Å². The van der Waals surface area contributed by atoms with Crippen LogP contribution in [-0.4, -0.2) is 4.98 Å². The van der Waals surface area contributed by atoms with Gasteiger partial charge in [-0.2, -0.15) is 0 Å². The highest BCUT2D eigenvalue weighted by Gasteiger charge is 2.11. The van der Waals surface area contributed by atoms with E-state index in [1.165, 1.54) is 14.5 Å². The zero-order chi connectivity index (χ0) is 11.8. The summed E-state index contributed by atoms with van der Waals surface area (Å²) in [6.45, 7) is 4.29. The van der Waals surface area contributed by atoms with Crippen LogP contribution in [0.4, 0.5) is 10.8 Å². The molecule has 0 aliphatic carbocycles. The quantitative estimate of drug-likeness (QED) is 0.721. The van der Waals surface area contributed by atoms with E-state index in [2.05, 4.69) is 24.1 Å². The van der Waals surface area contributed by atoms with Gasteiger partial charge in [0.2, 0.25) is 0 Å². The molecule has 0 spiro atoms. The minimum atomic E-state index is 0.973. The molecule has 0 amide bonds. The molecule has 0 radical (unpaired) electrons. The van der Waals surface area contributed by atoms with Crippen LogP contribution in [0.5, 0.6) is 0 Å². The average Bonchev–Trinajstić information content (AvgIpc) is 2.82. The molecular formula is C13H12N2S2. The number of hydrogen-bond acceptors (Lipinski definition) is 4. The average molecular weight is 260 g/mol. The van der Waals surface area contributed by atoms with Crippen LogP contribution in [0.3, 0.4) is 0 Å². The number of para-hydroxylation sites is 1. The fourth-order valence-corrected chi connectivity index (χ4v) is 4.07. The van der Waals surface area contributed by atoms with Crippen LogP contribution in [0.15, 0.2) is 30.3 Å². The van der Waals surface area contributed by atoms with Crippen molar-refractivity contribution in [3.8, 4) is 0 Å². The number of aromatic nitrogens is 1. The predicted molar refractivity (Wildman–Crippen MR) is 76.7 cm³/mol. The molecule has 0 atom stereocenters. The number of rotatable bonds is 2. The lowest BCUT2D eigenvalue weighted by Gasteiger charge is -2.00. The van der Waals surface area contributed by atoms with Crippen molar-refractivity contribution >= 4 is 43.0 Å². The molecule has 3 rings (SSSR count). The Morgan fingerprint density at radius 3 is 2.53 bits per heavy atom. The summed E-state index contributed by atoms with van der Waals surface area (Å²) in [5.41, 5.74) is 3.54. The third-order valence-electron chi connectivity index (χ3n) is 2.75. The molecule has 4 heteroatoms. The summed E-state index contributed by atoms with van der Waals surface area (Å²) < 4.78 is 1.30. The standard InChI is InChI=1S/C13H12N2S2/c1-8-9(2)16-12-11(8)15-13(17-12)14-10-6-4-3-5-7-10/h3-7H,1-2H3,(H,14,15). The Bertz CT molecular complexity index is 653. The van der Waals surface area contributed by atoms with E-state index < -0.39 is 0 Å². The molecule has 2 heterocycles. The molecule has 0 saturated heterocycles. The van der Waals surface area contributed by atoms with Gasteiger partial charge >= 0.3 is 0 Å². The molecule has 0 saturated carbocycles. The van der Waals surface area contributed by atoms with Crippen molar-refractivity contribution in [3.63, 3.8) is 0 Å². The van der Waals surface area contributed by atoms with Crippen LogP contribution in [-0.2, 0) is 0 Å². The van der Waals surface area contributed by atoms with Crippen molar-refractivity contribution in [1.82, 2.24) is 4.98 Å². The second-order valence-electron chi connectivity index (χ2n) is 3.93. The molecule has 0 fully saturated rings. The van der Waals surface area contributed by atoms with E-state index in [-0.39, 0.29) is 0 Å². The van der Waals surface area contributed by atoms with Crippen molar-refractivity contribution in [2.75, 3.05) is 5.32 Å². The van der Waals surface area contributed by atoms with E-state index in [9.17, 15) is 0 Å². The second kappa shape index (κ2) is 4.13. The minimum Gasteiger partial charge on any atom is -0.332 e. The Morgan fingerprint density at radius 2 is 1.82 bits per heavy atom. The summed E-state index contributed by atoms with van der Waals surface area (Å²) in [7, 11) is 0. The molecule has 2 aromatic heterocycles. The first kappa shape index (κ1) is 10.7. The SMILES string of the molecule is Cc1sc2sc(Nc3ccccc3)nc2c1C. The van der Waals surface area contributed by atoms with E-state index in [4.69, 9.17) is 0 Å². The highest BCUT2D eigenvalue weighted by atomic mass is 32.2. The van der Waals surface area contributed by atoms with Gasteiger partial charge in [-0.25, -0.2) is 4.98 Å². The van der Waals surface area contributed by atoms with Gasteiger partial charge in [-0.05, 0) is 31.5 Å². The van der Waals surface area contributed by atoms with Crippen LogP contribution in [0.25, 0.3) is 9.53 Å². The van der Waals surface area contributed by atoms with Gasteiger partial charge in [0, 0.05) is 10.6 Å². The van der Waals surface area contributed by atoms with Gasteiger partial charge in [0.1, 0.15) is 4.01 Å². The molecule has 17 heavy (non-hydrogen) atoms. The third kappa shape index (κ3) is 1.94. The summed E-state index contributed by atoms with van der Waals surface area (Å²) >= 11 is 3.55. The number of fused-ring (bicyclic) bond motifs is 1. The molecular weight excluding hydrogens is 248 g/mol. The van der Waals surface area contributed by atoms with Gasteiger partial charge in [-0.1, -0.05) is 29.5 Å². The van der Waals surface area contributed by atoms with Crippen LogP contribution >= 0.6 is 22.7 Å². The number of anilines is 2. The van der Waals surface area contributed by atoms with Crippen LogP contribution < -0.4 is 5.32 Å². The number of aryl methyl sites for hydroxylation is 2. The smallest absolute Gasteiger partial charge is 0.189 e. The third-order valence-corrected chi connectivity index (χ3v) is 5.01. The summed E-state index contributed by atoms with van der Waals surface area (Å²) in [6, 6.07) is 10.2. The van der Waals surface area contributed by atoms with Crippen molar-refractivity contribution < 1.29 is 0 Å². The largest absolute Gasteiger partial charge is 0.332 e. The normalized spacial score (nSPS) is 10.9. The molecule has 86 valence electrons. The number of nitrogens with zero attached hydrogens (tertiary/aromatic N) is 1. The monoisotopic (exact) mass is 260 g/mol. The Labute approximate surface area is 108 Å². The molecule has 0 bridgehead atoms. The van der Waals surface area contributed by atoms with Gasteiger partial charge in [-0.15, -0.1) is 11.3 Å². The Morgan fingerprint density at radius 1 is 1.06 bits per heavy atom. The van der Waals surface area contributed by atoms with Crippen molar-refractivity contribution in [1.29, 1.82) is 0 Å². The van der Waals surface area contributed by atoms with Gasteiger partial charge in [0.15, 0.2) is 5.13 Å². The highest BCUT2D eigenvalue weighted by molar-refractivity contribution is 7.39. The summed E-state index contributed by atoms with van der Waals surface area (Å²) in [5.74, 6) is 0. The van der Waals surface area contributed by atoms with Gasteiger partial charge in [0.25, 0.3) is 0 Å². The zero-order valence-corrected chi connectivity index (χ0v) is 11.3.